The summed E-state index contributed by atoms with van der Waals surface area (Å²) in [4.78, 5) is 26.4. The number of amides is 1. The Balaban J connectivity index is 1.56. The number of hydrogen-bond donors (Lipinski definition) is 2. The summed E-state index contributed by atoms with van der Waals surface area (Å²) in [7, 11) is 0. The zero-order valence-electron chi connectivity index (χ0n) is 17.3. The number of hydrogen-bond acceptors (Lipinski definition) is 5. The molecular formula is C23H29NO5S. The van der Waals surface area contributed by atoms with E-state index in [4.69, 9.17) is 9.84 Å². The second-order valence-corrected chi connectivity index (χ2v) is 8.76. The van der Waals surface area contributed by atoms with E-state index in [9.17, 15) is 14.7 Å². The van der Waals surface area contributed by atoms with Crippen LogP contribution in [0.4, 0.5) is 5.69 Å². The molecule has 0 aliphatic carbocycles. The summed E-state index contributed by atoms with van der Waals surface area (Å²) >= 11 is 1.29. The van der Waals surface area contributed by atoms with E-state index in [0.717, 1.165) is 54.7 Å². The van der Waals surface area contributed by atoms with Crippen molar-refractivity contribution in [2.45, 2.75) is 64.2 Å². The summed E-state index contributed by atoms with van der Waals surface area (Å²) in [6.45, 7) is 2.20. The predicted molar refractivity (Wildman–Crippen MR) is 117 cm³/mol. The summed E-state index contributed by atoms with van der Waals surface area (Å²) in [6.07, 6.45) is 5.39. The lowest BCUT2D eigenvalue weighted by molar-refractivity contribution is -0.117. The molecule has 0 radical (unpaired) electrons. The van der Waals surface area contributed by atoms with Crippen molar-refractivity contribution in [1.82, 2.24) is 0 Å². The molecule has 6 nitrogen and oxygen atoms in total. The van der Waals surface area contributed by atoms with Crippen molar-refractivity contribution in [2.24, 2.45) is 0 Å². The summed E-state index contributed by atoms with van der Waals surface area (Å²) in [5.41, 5.74) is 1.64. The maximum Gasteiger partial charge on any atom is 0.345 e. The van der Waals surface area contributed by atoms with E-state index in [2.05, 4.69) is 6.92 Å². The van der Waals surface area contributed by atoms with Gasteiger partial charge in [0.1, 0.15) is 17.7 Å². The van der Waals surface area contributed by atoms with Gasteiger partial charge in [0, 0.05) is 10.6 Å². The van der Waals surface area contributed by atoms with E-state index in [1.54, 1.807) is 11.0 Å². The first-order chi connectivity index (χ1) is 14.5. The molecule has 3 rings (SSSR count). The minimum Gasteiger partial charge on any atom is -0.477 e. The molecule has 1 aromatic carbocycles. The number of carbonyl (C=O) groups excluding carboxylic acids is 1. The van der Waals surface area contributed by atoms with Gasteiger partial charge in [0.25, 0.3) is 5.91 Å². The Morgan fingerprint density at radius 2 is 1.97 bits per heavy atom. The number of aliphatic hydroxyl groups excluding tert-OH is 1. The van der Waals surface area contributed by atoms with E-state index in [1.807, 2.05) is 30.3 Å². The Morgan fingerprint density at radius 3 is 2.63 bits per heavy atom. The van der Waals surface area contributed by atoms with Crippen LogP contribution in [0.15, 0.2) is 36.4 Å². The lowest BCUT2D eigenvalue weighted by Crippen LogP contribution is -2.33. The summed E-state index contributed by atoms with van der Waals surface area (Å²) in [6, 6.07) is 11.0. The molecule has 1 aliphatic heterocycles. The van der Waals surface area contributed by atoms with Crippen LogP contribution in [-0.4, -0.2) is 34.9 Å². The van der Waals surface area contributed by atoms with Crippen LogP contribution < -0.4 is 4.90 Å². The van der Waals surface area contributed by atoms with Crippen LogP contribution in [0.3, 0.4) is 0 Å². The Bertz CT molecular complexity index is 848. The lowest BCUT2D eigenvalue weighted by atomic mass is 10.0. The molecule has 1 amide bonds. The second kappa shape index (κ2) is 10.7. The third-order valence-electron chi connectivity index (χ3n) is 5.34. The molecule has 0 saturated carbocycles. The Kier molecular flexibility index (Phi) is 8.01. The van der Waals surface area contributed by atoms with Gasteiger partial charge in [-0.25, -0.2) is 4.79 Å². The number of aliphatic hydroxyl groups is 1. The molecule has 0 spiro atoms. The minimum atomic E-state index is -0.902. The van der Waals surface area contributed by atoms with E-state index < -0.39 is 12.1 Å². The molecule has 0 bridgehead atoms. The average Bonchev–Trinajstić information content (AvgIpc) is 3.35. The quantitative estimate of drug-likeness (QED) is 0.500. The van der Waals surface area contributed by atoms with Gasteiger partial charge in [-0.1, -0.05) is 38.3 Å². The molecule has 1 aliphatic rings. The Labute approximate surface area is 181 Å². The summed E-state index contributed by atoms with van der Waals surface area (Å²) in [5, 5.41) is 19.4. The van der Waals surface area contributed by atoms with Crippen molar-refractivity contribution in [1.29, 1.82) is 0 Å². The van der Waals surface area contributed by atoms with Crippen LogP contribution in [0.5, 0.6) is 0 Å². The van der Waals surface area contributed by atoms with Crippen molar-refractivity contribution < 1.29 is 24.5 Å². The highest BCUT2D eigenvalue weighted by molar-refractivity contribution is 7.13. The minimum absolute atomic E-state index is 0.0637. The SMILES string of the molecule is CCCCCC(O)c1ccc(N2C(=O)COC2CCCc2ccc(C(=O)O)s2)cc1. The molecule has 2 unspecified atom stereocenters. The smallest absolute Gasteiger partial charge is 0.345 e. The number of nitrogens with zero attached hydrogens (tertiary/aromatic N) is 1. The highest BCUT2D eigenvalue weighted by Crippen LogP contribution is 2.29. The summed E-state index contributed by atoms with van der Waals surface area (Å²) < 4.78 is 5.69. The van der Waals surface area contributed by atoms with Gasteiger partial charge in [0.2, 0.25) is 0 Å². The highest BCUT2D eigenvalue weighted by Gasteiger charge is 2.32. The van der Waals surface area contributed by atoms with Gasteiger partial charge in [-0.3, -0.25) is 9.69 Å². The molecule has 30 heavy (non-hydrogen) atoms. The number of aromatic carboxylic acids is 1. The van der Waals surface area contributed by atoms with E-state index in [-0.39, 0.29) is 18.7 Å². The number of carboxylic acids is 1. The van der Waals surface area contributed by atoms with Crippen LogP contribution in [0.25, 0.3) is 0 Å². The van der Waals surface area contributed by atoms with E-state index in [1.165, 1.54) is 11.3 Å². The van der Waals surface area contributed by atoms with Crippen molar-refractivity contribution in [3.8, 4) is 0 Å². The van der Waals surface area contributed by atoms with Crippen molar-refractivity contribution in [3.63, 3.8) is 0 Å². The molecule has 2 heterocycles. The molecule has 7 heteroatoms. The van der Waals surface area contributed by atoms with Crippen molar-refractivity contribution >= 4 is 28.9 Å². The van der Waals surface area contributed by atoms with E-state index >= 15 is 0 Å². The van der Waals surface area contributed by atoms with Crippen LogP contribution in [0.2, 0.25) is 0 Å². The molecule has 1 aromatic heterocycles. The molecule has 1 saturated heterocycles. The van der Waals surface area contributed by atoms with Crippen molar-refractivity contribution in [3.05, 3.63) is 51.7 Å². The molecule has 2 aromatic rings. The number of rotatable bonds is 11. The van der Waals surface area contributed by atoms with Crippen LogP contribution in [0, 0.1) is 0 Å². The molecule has 1 fully saturated rings. The number of carbonyl (C=O) groups is 2. The van der Waals surface area contributed by atoms with Gasteiger partial charge in [0.15, 0.2) is 0 Å². The van der Waals surface area contributed by atoms with Crippen LogP contribution in [0.1, 0.15) is 71.7 Å². The van der Waals surface area contributed by atoms with Gasteiger partial charge in [-0.2, -0.15) is 0 Å². The number of ether oxygens (including phenoxy) is 1. The lowest BCUT2D eigenvalue weighted by Gasteiger charge is -2.23. The molecular weight excluding hydrogens is 402 g/mol. The van der Waals surface area contributed by atoms with Gasteiger partial charge in [-0.05, 0) is 55.5 Å². The van der Waals surface area contributed by atoms with Gasteiger partial charge >= 0.3 is 5.97 Å². The van der Waals surface area contributed by atoms with Crippen LogP contribution >= 0.6 is 11.3 Å². The van der Waals surface area contributed by atoms with Gasteiger partial charge in [0.05, 0.1) is 6.10 Å². The number of aryl methyl sites for hydroxylation is 1. The third kappa shape index (κ3) is 5.68. The number of carboxylic acid groups (broad SMARTS) is 1. The second-order valence-electron chi connectivity index (χ2n) is 7.60. The van der Waals surface area contributed by atoms with Crippen LogP contribution in [-0.2, 0) is 16.0 Å². The fourth-order valence-electron chi connectivity index (χ4n) is 3.68. The number of anilines is 1. The zero-order valence-corrected chi connectivity index (χ0v) is 18.1. The largest absolute Gasteiger partial charge is 0.477 e. The first kappa shape index (κ1) is 22.5. The molecule has 162 valence electrons. The Hall–Kier alpha value is -2.22. The highest BCUT2D eigenvalue weighted by atomic mass is 32.1. The summed E-state index contributed by atoms with van der Waals surface area (Å²) in [5.74, 6) is -0.971. The molecule has 2 N–H and O–H groups in total. The zero-order chi connectivity index (χ0) is 21.5. The maximum absolute atomic E-state index is 12.4. The van der Waals surface area contributed by atoms with E-state index in [0.29, 0.717) is 11.3 Å². The fourth-order valence-corrected chi connectivity index (χ4v) is 4.57. The first-order valence-corrected chi connectivity index (χ1v) is 11.3. The van der Waals surface area contributed by atoms with Gasteiger partial charge in [-0.15, -0.1) is 11.3 Å². The maximum atomic E-state index is 12.4. The predicted octanol–water partition coefficient (Wildman–Crippen LogP) is 4.77. The topological polar surface area (TPSA) is 87.1 Å². The average molecular weight is 432 g/mol. The standard InChI is InChI=1S/C23H29NO5S/c1-2-3-4-7-19(25)16-9-11-17(12-10-16)24-21(26)15-29-22(24)8-5-6-18-13-14-20(30-18)23(27)28/h9-14,19,22,25H,2-8,15H2,1H3,(H,27,28). The monoisotopic (exact) mass is 431 g/mol. The van der Waals surface area contributed by atoms with Gasteiger partial charge < -0.3 is 14.9 Å². The Morgan fingerprint density at radius 1 is 1.20 bits per heavy atom. The van der Waals surface area contributed by atoms with Crippen molar-refractivity contribution in [2.75, 3.05) is 11.5 Å². The number of benzene rings is 1. The molecule has 2 atom stereocenters. The number of unbranched alkanes of at least 4 members (excludes halogenated alkanes) is 2. The number of thiophene rings is 1. The third-order valence-corrected chi connectivity index (χ3v) is 6.47. The normalized spacial score (nSPS) is 17.5. The first-order valence-electron chi connectivity index (χ1n) is 10.5. The fraction of sp³-hybridized carbons (Fsp3) is 0.478.